The second kappa shape index (κ2) is 15.8. The monoisotopic (exact) mass is 140 g/mol. The number of allylic oxidation sites excluding steroid dienone is 3. The van der Waals surface area contributed by atoms with Crippen LogP contribution in [-0.2, 0) is 0 Å². The van der Waals surface area contributed by atoms with Crippen LogP contribution in [0.15, 0.2) is 24.8 Å². The van der Waals surface area contributed by atoms with E-state index in [2.05, 4.69) is 32.6 Å². The minimum absolute atomic E-state index is 1.15. The first-order valence-electron chi connectivity index (χ1n) is 4.05. The third kappa shape index (κ3) is 25.9. The van der Waals surface area contributed by atoms with E-state index in [1.165, 1.54) is 6.42 Å². The van der Waals surface area contributed by atoms with Gasteiger partial charge in [-0.25, -0.2) is 0 Å². The first kappa shape index (κ1) is 12.2. The quantitative estimate of drug-likeness (QED) is 0.521. The fourth-order valence-electron chi connectivity index (χ4n) is 0.440. The summed E-state index contributed by atoms with van der Waals surface area (Å²) in [6.45, 7) is 9.85. The highest BCUT2D eigenvalue weighted by Crippen LogP contribution is 1.82. The van der Waals surface area contributed by atoms with Crippen LogP contribution in [0.5, 0.6) is 0 Å². The third-order valence-corrected chi connectivity index (χ3v) is 0.964. The lowest BCUT2D eigenvalue weighted by molar-refractivity contribution is 0.961. The average molecular weight is 140 g/mol. The molecule has 0 fully saturated rings. The van der Waals surface area contributed by atoms with Crippen LogP contribution in [0, 0.1) is 0 Å². The van der Waals surface area contributed by atoms with Crippen molar-refractivity contribution in [2.45, 2.75) is 40.0 Å². The maximum atomic E-state index is 3.55. The van der Waals surface area contributed by atoms with Crippen LogP contribution in [0.25, 0.3) is 0 Å². The summed E-state index contributed by atoms with van der Waals surface area (Å²) >= 11 is 0. The van der Waals surface area contributed by atoms with Gasteiger partial charge in [-0.15, -0.1) is 6.58 Å². The molecule has 0 radical (unpaired) electrons. The zero-order valence-electron chi connectivity index (χ0n) is 7.56. The zero-order valence-corrected chi connectivity index (χ0v) is 7.56. The maximum Gasteiger partial charge on any atom is -0.0356 e. The Morgan fingerprint density at radius 2 is 1.90 bits per heavy atom. The molecule has 0 amide bonds. The van der Waals surface area contributed by atoms with Crippen LogP contribution < -0.4 is 0 Å². The molecule has 0 aromatic carbocycles. The second-order valence-corrected chi connectivity index (χ2v) is 2.05. The predicted molar refractivity (Wildman–Crippen MR) is 50.2 cm³/mol. The Hall–Kier alpha value is -0.520. The van der Waals surface area contributed by atoms with Gasteiger partial charge in [0.2, 0.25) is 0 Å². The first-order valence-corrected chi connectivity index (χ1v) is 4.05. The van der Waals surface area contributed by atoms with Crippen LogP contribution in [0.1, 0.15) is 40.0 Å². The van der Waals surface area contributed by atoms with Gasteiger partial charge in [0.05, 0.1) is 0 Å². The Morgan fingerprint density at radius 3 is 1.90 bits per heavy atom. The molecular weight excluding hydrogens is 120 g/mol. The largest absolute Gasteiger partial charge is 0.103 e. The van der Waals surface area contributed by atoms with Gasteiger partial charge in [0.15, 0.2) is 0 Å². The molecule has 10 heavy (non-hydrogen) atoms. The summed E-state index contributed by atoms with van der Waals surface area (Å²) in [5.41, 5.74) is 0. The van der Waals surface area contributed by atoms with Gasteiger partial charge in [-0.05, 0) is 19.8 Å². The lowest BCUT2D eigenvalue weighted by atomic mass is 10.3. The molecule has 0 rings (SSSR count). The van der Waals surface area contributed by atoms with E-state index in [0.29, 0.717) is 0 Å². The summed E-state index contributed by atoms with van der Waals surface area (Å²) in [5, 5.41) is 0. The van der Waals surface area contributed by atoms with Gasteiger partial charge in [-0.3, -0.25) is 0 Å². The van der Waals surface area contributed by atoms with E-state index in [9.17, 15) is 0 Å². The molecule has 0 spiro atoms. The van der Waals surface area contributed by atoms with Crippen molar-refractivity contribution in [1.82, 2.24) is 0 Å². The van der Waals surface area contributed by atoms with E-state index < -0.39 is 0 Å². The normalized spacial score (nSPS) is 8.70. The molecule has 0 saturated heterocycles. The van der Waals surface area contributed by atoms with Gasteiger partial charge in [0, 0.05) is 0 Å². The van der Waals surface area contributed by atoms with Gasteiger partial charge in [-0.1, -0.05) is 38.5 Å². The Morgan fingerprint density at radius 1 is 1.30 bits per heavy atom. The Bertz CT molecular complexity index is 70.1. The highest BCUT2D eigenvalue weighted by molar-refractivity contribution is 4.73. The molecule has 0 aromatic rings. The smallest absolute Gasteiger partial charge is 0.0356 e. The lowest BCUT2D eigenvalue weighted by Gasteiger charge is -1.72. The highest BCUT2D eigenvalue weighted by Gasteiger charge is 1.61. The summed E-state index contributed by atoms with van der Waals surface area (Å²) in [6.07, 6.45) is 9.65. The predicted octanol–water partition coefficient (Wildman–Crippen LogP) is 3.95. The average Bonchev–Trinajstić information content (AvgIpc) is 1.93. The standard InChI is InChI=1S/2C5H10/c2*1-3-5-4-2/h3,5H,4H2,1-2H3;3H,1,4-5H2,2H3. The van der Waals surface area contributed by atoms with Gasteiger partial charge in [-0.2, -0.15) is 0 Å². The Labute approximate surface area is 65.7 Å². The molecule has 0 atom stereocenters. The topological polar surface area (TPSA) is 0 Å². The van der Waals surface area contributed by atoms with Crippen molar-refractivity contribution in [3.8, 4) is 0 Å². The first-order chi connectivity index (χ1) is 4.83. The van der Waals surface area contributed by atoms with E-state index in [-0.39, 0.29) is 0 Å². The summed E-state index contributed by atoms with van der Waals surface area (Å²) < 4.78 is 0. The van der Waals surface area contributed by atoms with Crippen LogP contribution in [-0.4, -0.2) is 0 Å². The fraction of sp³-hybridized carbons (Fsp3) is 0.600. The summed E-state index contributed by atoms with van der Waals surface area (Å²) in [4.78, 5) is 0. The molecule has 0 heteroatoms. The minimum Gasteiger partial charge on any atom is -0.103 e. The number of hydrogen-bond donors (Lipinski definition) is 0. The number of unbranched alkanes of at least 4 members (excludes halogenated alkanes) is 1. The van der Waals surface area contributed by atoms with Crippen molar-refractivity contribution in [3.05, 3.63) is 24.8 Å². The lowest BCUT2D eigenvalue weighted by Crippen LogP contribution is -1.52. The Balaban J connectivity index is 0. The molecule has 0 heterocycles. The van der Waals surface area contributed by atoms with E-state index in [4.69, 9.17) is 0 Å². The number of hydrogen-bond acceptors (Lipinski definition) is 0. The van der Waals surface area contributed by atoms with Crippen molar-refractivity contribution >= 4 is 0 Å². The van der Waals surface area contributed by atoms with E-state index in [1.54, 1.807) is 0 Å². The van der Waals surface area contributed by atoms with Gasteiger partial charge in [0.25, 0.3) is 0 Å². The van der Waals surface area contributed by atoms with Gasteiger partial charge >= 0.3 is 0 Å². The minimum atomic E-state index is 1.15. The third-order valence-electron chi connectivity index (χ3n) is 0.964. The SMILES string of the molecule is C=CCCC.CC=CCC. The van der Waals surface area contributed by atoms with E-state index in [1.807, 2.05) is 13.0 Å². The summed E-state index contributed by atoms with van der Waals surface area (Å²) in [7, 11) is 0. The van der Waals surface area contributed by atoms with Crippen molar-refractivity contribution in [2.24, 2.45) is 0 Å². The molecule has 0 aliphatic heterocycles. The van der Waals surface area contributed by atoms with Crippen LogP contribution in [0.2, 0.25) is 0 Å². The van der Waals surface area contributed by atoms with Gasteiger partial charge in [0.1, 0.15) is 0 Å². The Kier molecular flexibility index (Phi) is 19.3. The molecular formula is C10H20. The van der Waals surface area contributed by atoms with Crippen LogP contribution in [0.4, 0.5) is 0 Å². The second-order valence-electron chi connectivity index (χ2n) is 2.05. The number of rotatable bonds is 3. The van der Waals surface area contributed by atoms with Crippen LogP contribution >= 0.6 is 0 Å². The fourth-order valence-corrected chi connectivity index (χ4v) is 0.440. The molecule has 0 N–H and O–H groups in total. The maximum absolute atomic E-state index is 3.55. The molecule has 0 nitrogen and oxygen atoms in total. The molecule has 0 unspecified atom stereocenters. The van der Waals surface area contributed by atoms with Crippen molar-refractivity contribution in [1.29, 1.82) is 0 Å². The van der Waals surface area contributed by atoms with Crippen molar-refractivity contribution < 1.29 is 0 Å². The van der Waals surface area contributed by atoms with E-state index in [0.717, 1.165) is 12.8 Å². The highest BCUT2D eigenvalue weighted by atomic mass is 13.7. The molecule has 0 aromatic heterocycles. The molecule has 60 valence electrons. The molecule has 0 aliphatic rings. The van der Waals surface area contributed by atoms with Crippen molar-refractivity contribution in [3.63, 3.8) is 0 Å². The molecule has 0 aliphatic carbocycles. The zero-order chi connectivity index (χ0) is 8.24. The molecule has 0 saturated carbocycles. The van der Waals surface area contributed by atoms with E-state index >= 15 is 0 Å². The van der Waals surface area contributed by atoms with Gasteiger partial charge < -0.3 is 0 Å². The summed E-state index contributed by atoms with van der Waals surface area (Å²) in [5.74, 6) is 0. The van der Waals surface area contributed by atoms with Crippen molar-refractivity contribution in [2.75, 3.05) is 0 Å². The summed E-state index contributed by atoms with van der Waals surface area (Å²) in [6, 6.07) is 0. The van der Waals surface area contributed by atoms with Crippen LogP contribution in [0.3, 0.4) is 0 Å². The molecule has 0 bridgehead atoms.